The van der Waals surface area contributed by atoms with E-state index in [9.17, 15) is 0 Å². The van der Waals surface area contributed by atoms with Crippen LogP contribution in [-0.2, 0) is 9.47 Å². The van der Waals surface area contributed by atoms with Crippen molar-refractivity contribution in [3.05, 3.63) is 0 Å². The summed E-state index contributed by atoms with van der Waals surface area (Å²) in [6, 6.07) is 0. The topological polar surface area (TPSA) is 18.5 Å². The molecule has 12 heavy (non-hydrogen) atoms. The first-order valence-corrected chi connectivity index (χ1v) is 4.96. The van der Waals surface area contributed by atoms with E-state index in [1.807, 2.05) is 13.8 Å². The molecular weight excluding hydrogens is 152 g/mol. The average Bonchev–Trinajstić information content (AvgIpc) is 2.02. The van der Waals surface area contributed by atoms with Crippen molar-refractivity contribution in [3.63, 3.8) is 0 Å². The normalized spacial score (nSPS) is 11.0. The predicted molar refractivity (Wildman–Crippen MR) is 51.4 cm³/mol. The highest BCUT2D eigenvalue weighted by molar-refractivity contribution is 4.38. The molecule has 0 aromatic rings. The van der Waals surface area contributed by atoms with Crippen molar-refractivity contribution in [2.75, 3.05) is 19.8 Å². The first-order valence-electron chi connectivity index (χ1n) is 4.96. The molecule has 0 spiro atoms. The number of rotatable bonds is 8. The summed E-state index contributed by atoms with van der Waals surface area (Å²) in [5.74, 6) is 0. The summed E-state index contributed by atoms with van der Waals surface area (Å²) in [4.78, 5) is 0. The van der Waals surface area contributed by atoms with E-state index in [0.29, 0.717) is 6.10 Å². The maximum Gasteiger partial charge on any atom is 0.0703 e. The Morgan fingerprint density at radius 3 is 2.33 bits per heavy atom. The molecule has 0 aliphatic carbocycles. The van der Waals surface area contributed by atoms with Crippen LogP contribution in [0, 0.1) is 0 Å². The lowest BCUT2D eigenvalue weighted by atomic mass is 10.3. The van der Waals surface area contributed by atoms with Crippen LogP contribution < -0.4 is 0 Å². The third-order valence-electron chi connectivity index (χ3n) is 1.57. The number of ether oxygens (including phenoxy) is 2. The van der Waals surface area contributed by atoms with Gasteiger partial charge in [-0.25, -0.2) is 0 Å². The van der Waals surface area contributed by atoms with Crippen LogP contribution in [0.1, 0.15) is 40.0 Å². The molecular formula is C10H22O2. The summed E-state index contributed by atoms with van der Waals surface area (Å²) in [5.41, 5.74) is 0. The Bertz CT molecular complexity index is 81.9. The summed E-state index contributed by atoms with van der Waals surface area (Å²) in [5, 5.41) is 0. The van der Waals surface area contributed by atoms with Crippen LogP contribution in [0.2, 0.25) is 0 Å². The summed E-state index contributed by atoms with van der Waals surface area (Å²) >= 11 is 0. The minimum atomic E-state index is 0.323. The molecule has 0 fully saturated rings. The van der Waals surface area contributed by atoms with E-state index in [2.05, 4.69) is 6.92 Å². The zero-order chi connectivity index (χ0) is 9.23. The third-order valence-corrected chi connectivity index (χ3v) is 1.57. The van der Waals surface area contributed by atoms with E-state index in [1.165, 1.54) is 19.3 Å². The maximum absolute atomic E-state index is 5.36. The van der Waals surface area contributed by atoms with E-state index in [1.54, 1.807) is 0 Å². The molecule has 0 rings (SSSR count). The first-order chi connectivity index (χ1) is 5.77. The van der Waals surface area contributed by atoms with Crippen LogP contribution in [0.25, 0.3) is 0 Å². The Kier molecular flexibility index (Phi) is 8.95. The molecule has 0 aliphatic heterocycles. The molecule has 74 valence electrons. The lowest BCUT2D eigenvalue weighted by molar-refractivity contribution is 0.0187. The highest BCUT2D eigenvalue weighted by Gasteiger charge is 1.92. The van der Waals surface area contributed by atoms with Crippen molar-refractivity contribution in [2.45, 2.75) is 46.1 Å². The van der Waals surface area contributed by atoms with Gasteiger partial charge in [0.15, 0.2) is 0 Å². The van der Waals surface area contributed by atoms with Gasteiger partial charge >= 0.3 is 0 Å². The molecule has 0 saturated heterocycles. The molecule has 0 unspecified atom stereocenters. The number of hydrogen-bond acceptors (Lipinski definition) is 2. The largest absolute Gasteiger partial charge is 0.379 e. The molecule has 0 aliphatic rings. The van der Waals surface area contributed by atoms with Gasteiger partial charge < -0.3 is 9.47 Å². The van der Waals surface area contributed by atoms with Gasteiger partial charge in [0, 0.05) is 6.61 Å². The van der Waals surface area contributed by atoms with Crippen molar-refractivity contribution in [1.82, 2.24) is 0 Å². The van der Waals surface area contributed by atoms with Gasteiger partial charge in [0.05, 0.1) is 19.3 Å². The van der Waals surface area contributed by atoms with Crippen molar-refractivity contribution in [3.8, 4) is 0 Å². The van der Waals surface area contributed by atoms with E-state index in [-0.39, 0.29) is 0 Å². The summed E-state index contributed by atoms with van der Waals surface area (Å²) in [7, 11) is 0. The zero-order valence-corrected chi connectivity index (χ0v) is 8.64. The van der Waals surface area contributed by atoms with E-state index >= 15 is 0 Å². The summed E-state index contributed by atoms with van der Waals surface area (Å²) < 4.78 is 10.7. The van der Waals surface area contributed by atoms with Crippen LogP contribution in [0.5, 0.6) is 0 Å². The molecule has 0 bridgehead atoms. The average molecular weight is 174 g/mol. The van der Waals surface area contributed by atoms with Crippen molar-refractivity contribution < 1.29 is 9.47 Å². The van der Waals surface area contributed by atoms with Crippen molar-refractivity contribution in [2.24, 2.45) is 0 Å². The molecule has 2 heteroatoms. The Morgan fingerprint density at radius 1 is 1.00 bits per heavy atom. The molecule has 0 heterocycles. The highest BCUT2D eigenvalue weighted by Crippen LogP contribution is 1.94. The van der Waals surface area contributed by atoms with Gasteiger partial charge in [-0.1, -0.05) is 19.8 Å². The SMILES string of the molecule is CCCCCOCCOC(C)C. The van der Waals surface area contributed by atoms with Crippen LogP contribution in [-0.4, -0.2) is 25.9 Å². The fourth-order valence-corrected chi connectivity index (χ4v) is 0.899. The Morgan fingerprint density at radius 2 is 1.75 bits per heavy atom. The molecule has 0 atom stereocenters. The van der Waals surface area contributed by atoms with Gasteiger partial charge in [-0.15, -0.1) is 0 Å². The van der Waals surface area contributed by atoms with Crippen molar-refractivity contribution >= 4 is 0 Å². The number of unbranched alkanes of at least 4 members (excludes halogenated alkanes) is 2. The second-order valence-corrected chi connectivity index (χ2v) is 3.24. The molecule has 0 N–H and O–H groups in total. The van der Waals surface area contributed by atoms with E-state index < -0.39 is 0 Å². The van der Waals surface area contributed by atoms with Gasteiger partial charge in [0.25, 0.3) is 0 Å². The summed E-state index contributed by atoms with van der Waals surface area (Å²) in [6.07, 6.45) is 4.03. The second kappa shape index (κ2) is 9.01. The fourth-order valence-electron chi connectivity index (χ4n) is 0.899. The third kappa shape index (κ3) is 9.92. The quantitative estimate of drug-likeness (QED) is 0.527. The van der Waals surface area contributed by atoms with Gasteiger partial charge in [-0.05, 0) is 20.3 Å². The molecule has 2 nitrogen and oxygen atoms in total. The zero-order valence-electron chi connectivity index (χ0n) is 8.64. The van der Waals surface area contributed by atoms with E-state index in [4.69, 9.17) is 9.47 Å². The minimum Gasteiger partial charge on any atom is -0.379 e. The standard InChI is InChI=1S/C10H22O2/c1-4-5-6-7-11-8-9-12-10(2)3/h10H,4-9H2,1-3H3. The van der Waals surface area contributed by atoms with E-state index in [0.717, 1.165) is 19.8 Å². The Labute approximate surface area is 76.3 Å². The fraction of sp³-hybridized carbons (Fsp3) is 1.00. The Balaban J connectivity index is 2.82. The molecule has 0 saturated carbocycles. The lowest BCUT2D eigenvalue weighted by Crippen LogP contribution is -2.09. The van der Waals surface area contributed by atoms with Gasteiger partial charge in [-0.2, -0.15) is 0 Å². The van der Waals surface area contributed by atoms with Gasteiger partial charge in [-0.3, -0.25) is 0 Å². The predicted octanol–water partition coefficient (Wildman–Crippen LogP) is 2.62. The maximum atomic E-state index is 5.36. The molecule has 0 aromatic carbocycles. The Hall–Kier alpha value is -0.0800. The monoisotopic (exact) mass is 174 g/mol. The van der Waals surface area contributed by atoms with Gasteiger partial charge in [0.1, 0.15) is 0 Å². The molecule has 0 aromatic heterocycles. The summed E-state index contributed by atoms with van der Waals surface area (Å²) in [6.45, 7) is 8.62. The van der Waals surface area contributed by atoms with Gasteiger partial charge in [0.2, 0.25) is 0 Å². The van der Waals surface area contributed by atoms with Crippen LogP contribution in [0.3, 0.4) is 0 Å². The van der Waals surface area contributed by atoms with Crippen LogP contribution in [0.15, 0.2) is 0 Å². The van der Waals surface area contributed by atoms with Crippen LogP contribution in [0.4, 0.5) is 0 Å². The van der Waals surface area contributed by atoms with Crippen LogP contribution >= 0.6 is 0 Å². The molecule has 0 amide bonds. The first kappa shape index (κ1) is 11.9. The molecule has 0 radical (unpaired) electrons. The number of hydrogen-bond donors (Lipinski definition) is 0. The lowest BCUT2D eigenvalue weighted by Gasteiger charge is -2.07. The minimum absolute atomic E-state index is 0.323. The van der Waals surface area contributed by atoms with Crippen molar-refractivity contribution in [1.29, 1.82) is 0 Å². The second-order valence-electron chi connectivity index (χ2n) is 3.24. The smallest absolute Gasteiger partial charge is 0.0703 e. The highest BCUT2D eigenvalue weighted by atomic mass is 16.5.